The molecule has 0 bridgehead atoms. The number of aldehydes is 1. The van der Waals surface area contributed by atoms with Crippen LogP contribution in [0.1, 0.15) is 15.2 Å². The Morgan fingerprint density at radius 2 is 2.35 bits per heavy atom. The Kier molecular flexibility index (Phi) is 5.70. The summed E-state index contributed by atoms with van der Waals surface area (Å²) in [5.74, 6) is -0.120. The Morgan fingerprint density at radius 1 is 1.54 bits per heavy atom. The van der Waals surface area contributed by atoms with Crippen LogP contribution in [0.5, 0.6) is 0 Å². The van der Waals surface area contributed by atoms with Crippen LogP contribution in [-0.4, -0.2) is 48.8 Å². The van der Waals surface area contributed by atoms with Crippen LogP contribution in [0.3, 0.4) is 0 Å². The highest BCUT2D eigenvalue weighted by molar-refractivity contribution is 9.10. The molecule has 3 N–H and O–H groups in total. The number of anilines is 2. The molecule has 7 nitrogen and oxygen atoms in total. The van der Waals surface area contributed by atoms with Crippen LogP contribution >= 0.6 is 27.3 Å². The molecule has 3 aromatic heterocycles. The molecule has 26 heavy (non-hydrogen) atoms. The molecule has 0 radical (unpaired) electrons. The molecule has 3 rings (SSSR count). The normalized spacial score (nSPS) is 12.1. The SMILES string of the molecule is CNc1cnc2[nH]cc(C(=O)c3sccc3Br)c2c1NC(C=O)COC. The van der Waals surface area contributed by atoms with Crippen molar-refractivity contribution in [1.29, 1.82) is 0 Å². The number of aromatic amines is 1. The van der Waals surface area contributed by atoms with Crippen molar-refractivity contribution in [3.05, 3.63) is 38.8 Å². The lowest BCUT2D eigenvalue weighted by Crippen LogP contribution is -2.27. The third-order valence-corrected chi connectivity index (χ3v) is 5.72. The molecule has 0 saturated heterocycles. The number of thiophene rings is 1. The zero-order chi connectivity index (χ0) is 18.7. The van der Waals surface area contributed by atoms with Crippen LogP contribution in [0.25, 0.3) is 11.0 Å². The maximum Gasteiger partial charge on any atom is 0.206 e. The molecule has 136 valence electrons. The van der Waals surface area contributed by atoms with E-state index in [2.05, 4.69) is 36.5 Å². The average molecular weight is 437 g/mol. The first-order valence-electron chi connectivity index (χ1n) is 7.77. The van der Waals surface area contributed by atoms with E-state index in [0.717, 1.165) is 10.8 Å². The van der Waals surface area contributed by atoms with Crippen molar-refractivity contribution in [3.63, 3.8) is 0 Å². The van der Waals surface area contributed by atoms with E-state index in [-0.39, 0.29) is 12.4 Å². The minimum Gasteiger partial charge on any atom is -0.385 e. The summed E-state index contributed by atoms with van der Waals surface area (Å²) in [4.78, 5) is 32.4. The minimum absolute atomic E-state index is 0.120. The van der Waals surface area contributed by atoms with Gasteiger partial charge >= 0.3 is 0 Å². The fourth-order valence-corrected chi connectivity index (χ4v) is 4.18. The first-order chi connectivity index (χ1) is 12.6. The zero-order valence-electron chi connectivity index (χ0n) is 14.1. The highest BCUT2D eigenvalue weighted by atomic mass is 79.9. The number of nitrogens with one attached hydrogen (secondary N) is 3. The van der Waals surface area contributed by atoms with Crippen LogP contribution < -0.4 is 10.6 Å². The fourth-order valence-electron chi connectivity index (χ4n) is 2.67. The summed E-state index contributed by atoms with van der Waals surface area (Å²) in [6, 6.07) is 1.29. The molecule has 9 heteroatoms. The van der Waals surface area contributed by atoms with E-state index in [9.17, 15) is 9.59 Å². The number of carbonyl (C=O) groups excluding carboxylic acids is 2. The molecule has 0 saturated carbocycles. The van der Waals surface area contributed by atoms with Gasteiger partial charge in [-0.15, -0.1) is 11.3 Å². The second kappa shape index (κ2) is 7.98. The first-order valence-corrected chi connectivity index (χ1v) is 9.44. The molecular weight excluding hydrogens is 420 g/mol. The number of fused-ring (bicyclic) bond motifs is 1. The third kappa shape index (κ3) is 3.37. The van der Waals surface area contributed by atoms with Gasteiger partial charge in [0.2, 0.25) is 5.78 Å². The summed E-state index contributed by atoms with van der Waals surface area (Å²) in [5, 5.41) is 8.69. The van der Waals surface area contributed by atoms with Gasteiger partial charge in [-0.2, -0.15) is 0 Å². The average Bonchev–Trinajstić information content (AvgIpc) is 3.27. The van der Waals surface area contributed by atoms with Gasteiger partial charge in [0.05, 0.1) is 40.0 Å². The highest BCUT2D eigenvalue weighted by Crippen LogP contribution is 2.35. The molecular formula is C17H17BrN4O3S. The quantitative estimate of drug-likeness (QED) is 0.370. The lowest BCUT2D eigenvalue weighted by atomic mass is 10.1. The number of methoxy groups -OCH3 is 1. The number of carbonyl (C=O) groups is 2. The molecule has 1 atom stereocenters. The van der Waals surface area contributed by atoms with Crippen molar-refractivity contribution in [1.82, 2.24) is 9.97 Å². The van der Waals surface area contributed by atoms with Crippen LogP contribution in [0.2, 0.25) is 0 Å². The van der Waals surface area contributed by atoms with E-state index < -0.39 is 6.04 Å². The second-order valence-corrected chi connectivity index (χ2v) is 7.26. The van der Waals surface area contributed by atoms with Gasteiger partial charge in [0.1, 0.15) is 18.0 Å². The number of pyridine rings is 1. The van der Waals surface area contributed by atoms with Crippen LogP contribution in [0.15, 0.2) is 28.3 Å². The van der Waals surface area contributed by atoms with Crippen LogP contribution in [0.4, 0.5) is 11.4 Å². The number of nitrogens with zero attached hydrogens (tertiary/aromatic N) is 1. The number of hydrogen-bond donors (Lipinski definition) is 3. The van der Waals surface area contributed by atoms with Gasteiger partial charge in [0, 0.05) is 24.8 Å². The molecule has 0 fully saturated rings. The smallest absolute Gasteiger partial charge is 0.206 e. The number of H-pyrrole nitrogens is 1. The van der Waals surface area contributed by atoms with Gasteiger partial charge in [0.25, 0.3) is 0 Å². The van der Waals surface area contributed by atoms with Crippen molar-refractivity contribution in [2.75, 3.05) is 31.4 Å². The topological polar surface area (TPSA) is 96.1 Å². The Balaban J connectivity index is 2.15. The van der Waals surface area contributed by atoms with E-state index in [1.54, 1.807) is 19.4 Å². The number of ether oxygens (including phenoxy) is 1. The van der Waals surface area contributed by atoms with Gasteiger partial charge in [0.15, 0.2) is 0 Å². The number of halogens is 1. The van der Waals surface area contributed by atoms with Crippen LogP contribution in [0, 0.1) is 0 Å². The number of aromatic nitrogens is 2. The van der Waals surface area contributed by atoms with Crippen molar-refractivity contribution >= 4 is 61.7 Å². The van der Waals surface area contributed by atoms with Crippen molar-refractivity contribution < 1.29 is 14.3 Å². The molecule has 0 amide bonds. The standard InChI is InChI=1S/C17H17BrN4O3S/c1-19-12-6-21-17-13(14(12)22-9(7-23)8-25-2)10(5-20-17)15(24)16-11(18)3-4-26-16/h3-7,9,19H,8H2,1-2H3,(H2,20,21,22). The van der Waals surface area contributed by atoms with Crippen molar-refractivity contribution in [2.24, 2.45) is 0 Å². The maximum atomic E-state index is 13.0. The van der Waals surface area contributed by atoms with Gasteiger partial charge in [-0.05, 0) is 27.4 Å². The summed E-state index contributed by atoms with van der Waals surface area (Å²) in [5.41, 5.74) is 2.35. The lowest BCUT2D eigenvalue weighted by Gasteiger charge is -2.18. The second-order valence-electron chi connectivity index (χ2n) is 5.49. The molecule has 3 heterocycles. The fraction of sp³-hybridized carbons (Fsp3) is 0.235. The Hall–Kier alpha value is -2.23. The largest absolute Gasteiger partial charge is 0.385 e. The van der Waals surface area contributed by atoms with Crippen molar-refractivity contribution in [3.8, 4) is 0 Å². The minimum atomic E-state index is -0.552. The molecule has 1 unspecified atom stereocenters. The predicted molar refractivity (Wildman–Crippen MR) is 106 cm³/mol. The number of hydrogen-bond acceptors (Lipinski definition) is 7. The summed E-state index contributed by atoms with van der Waals surface area (Å²) < 4.78 is 5.83. The Bertz CT molecular complexity index is 953. The lowest BCUT2D eigenvalue weighted by molar-refractivity contribution is -0.109. The van der Waals surface area contributed by atoms with Crippen LogP contribution in [-0.2, 0) is 9.53 Å². The Morgan fingerprint density at radius 3 is 2.96 bits per heavy atom. The predicted octanol–water partition coefficient (Wildman–Crippen LogP) is 3.29. The zero-order valence-corrected chi connectivity index (χ0v) is 16.5. The molecule has 3 aromatic rings. The van der Waals surface area contributed by atoms with Gasteiger partial charge in [-0.3, -0.25) is 4.79 Å². The summed E-state index contributed by atoms with van der Waals surface area (Å²) >= 11 is 4.77. The van der Waals surface area contributed by atoms with Gasteiger partial charge < -0.3 is 25.1 Å². The Labute approximate surface area is 162 Å². The van der Waals surface area contributed by atoms with E-state index in [0.29, 0.717) is 32.8 Å². The number of rotatable bonds is 8. The van der Waals surface area contributed by atoms with E-state index >= 15 is 0 Å². The maximum absolute atomic E-state index is 13.0. The van der Waals surface area contributed by atoms with E-state index in [1.165, 1.54) is 18.4 Å². The number of ketones is 1. The monoisotopic (exact) mass is 436 g/mol. The molecule has 0 aromatic carbocycles. The molecule has 0 aliphatic rings. The first kappa shape index (κ1) is 18.6. The highest BCUT2D eigenvalue weighted by Gasteiger charge is 2.23. The van der Waals surface area contributed by atoms with Gasteiger partial charge in [-0.25, -0.2) is 4.98 Å². The summed E-state index contributed by atoms with van der Waals surface area (Å²) in [7, 11) is 3.28. The van der Waals surface area contributed by atoms with E-state index in [1.807, 2.05) is 11.4 Å². The van der Waals surface area contributed by atoms with Gasteiger partial charge in [-0.1, -0.05) is 0 Å². The summed E-state index contributed by atoms with van der Waals surface area (Å²) in [6.45, 7) is 0.209. The molecule has 0 aliphatic heterocycles. The molecule has 0 aliphatic carbocycles. The third-order valence-electron chi connectivity index (χ3n) is 3.88. The molecule has 0 spiro atoms. The van der Waals surface area contributed by atoms with Crippen molar-refractivity contribution in [2.45, 2.75) is 6.04 Å². The summed E-state index contributed by atoms with van der Waals surface area (Å²) in [6.07, 6.45) is 4.06. The van der Waals surface area contributed by atoms with E-state index in [4.69, 9.17) is 4.74 Å².